The zero-order chi connectivity index (χ0) is 16.9. The van der Waals surface area contributed by atoms with Crippen LogP contribution >= 0.6 is 0 Å². The Hall–Kier alpha value is -1.92. The number of hydrogen-bond acceptors (Lipinski definition) is 4. The van der Waals surface area contributed by atoms with Gasteiger partial charge in [0.2, 0.25) is 5.91 Å². The first-order chi connectivity index (χ1) is 11.6. The van der Waals surface area contributed by atoms with Crippen molar-refractivity contribution in [3.8, 4) is 0 Å². The molecule has 0 bridgehead atoms. The minimum atomic E-state index is -0.298. The van der Waals surface area contributed by atoms with Crippen LogP contribution in [0.1, 0.15) is 19.4 Å². The van der Waals surface area contributed by atoms with Gasteiger partial charge >= 0.3 is 0 Å². The fourth-order valence-electron chi connectivity index (χ4n) is 3.15. The molecule has 130 valence electrons. The first-order valence-electron chi connectivity index (χ1n) is 8.76. The average Bonchev–Trinajstić information content (AvgIpc) is 3.03. The lowest BCUT2D eigenvalue weighted by molar-refractivity contribution is -0.124. The zero-order valence-electron chi connectivity index (χ0n) is 14.6. The second-order valence-electron chi connectivity index (χ2n) is 6.61. The smallest absolute Gasteiger partial charge is 0.244 e. The maximum atomic E-state index is 12.4. The van der Waals surface area contributed by atoms with Gasteiger partial charge in [0.15, 0.2) is 0 Å². The van der Waals surface area contributed by atoms with Crippen LogP contribution in [0.2, 0.25) is 0 Å². The van der Waals surface area contributed by atoms with Gasteiger partial charge in [0.05, 0.1) is 11.7 Å². The van der Waals surface area contributed by atoms with Crippen LogP contribution in [0.15, 0.2) is 30.5 Å². The van der Waals surface area contributed by atoms with E-state index in [1.54, 1.807) is 4.68 Å². The fourth-order valence-corrected chi connectivity index (χ4v) is 3.15. The molecule has 24 heavy (non-hydrogen) atoms. The lowest BCUT2D eigenvalue weighted by Crippen LogP contribution is -2.45. The lowest BCUT2D eigenvalue weighted by atomic mass is 10.2. The molecule has 1 fully saturated rings. The monoisotopic (exact) mass is 329 g/mol. The number of carbonyl (C=O) groups is 1. The van der Waals surface area contributed by atoms with Crippen LogP contribution < -0.4 is 5.32 Å². The van der Waals surface area contributed by atoms with Crippen LogP contribution in [0.5, 0.6) is 0 Å². The molecule has 2 aromatic rings. The molecule has 1 unspecified atom stereocenters. The van der Waals surface area contributed by atoms with Crippen molar-refractivity contribution >= 4 is 16.8 Å². The molecule has 1 aliphatic rings. The summed E-state index contributed by atoms with van der Waals surface area (Å²) in [6.07, 6.45) is 2.80. The van der Waals surface area contributed by atoms with Crippen LogP contribution in [0, 0.1) is 0 Å². The van der Waals surface area contributed by atoms with E-state index in [1.807, 2.05) is 37.4 Å². The molecule has 1 N–H and O–H groups in total. The summed E-state index contributed by atoms with van der Waals surface area (Å²) < 4.78 is 1.80. The topological polar surface area (TPSA) is 53.4 Å². The maximum absolute atomic E-state index is 12.4. The number of fused-ring (bicyclic) bond motifs is 1. The van der Waals surface area contributed by atoms with Crippen LogP contribution in [0.4, 0.5) is 0 Å². The molecule has 0 radical (unpaired) electrons. The van der Waals surface area contributed by atoms with Crippen LogP contribution in [-0.2, 0) is 4.79 Å². The Kier molecular flexibility index (Phi) is 5.48. The number of nitrogens with one attached hydrogen (secondary N) is 1. The van der Waals surface area contributed by atoms with Gasteiger partial charge in [0, 0.05) is 38.1 Å². The molecule has 1 aliphatic heterocycles. The summed E-state index contributed by atoms with van der Waals surface area (Å²) >= 11 is 0. The van der Waals surface area contributed by atoms with Gasteiger partial charge in [-0.3, -0.25) is 9.48 Å². The van der Waals surface area contributed by atoms with Gasteiger partial charge in [-0.25, -0.2) is 0 Å². The predicted octanol–water partition coefficient (Wildman–Crippen LogP) is 1.35. The Balaban J connectivity index is 1.45. The highest BCUT2D eigenvalue weighted by Crippen LogP contribution is 2.17. The normalized spacial score (nSPS) is 17.9. The number of aromatic nitrogens is 2. The number of rotatable bonds is 6. The van der Waals surface area contributed by atoms with E-state index in [0.29, 0.717) is 6.54 Å². The quantitative estimate of drug-likeness (QED) is 0.813. The standard InChI is InChI=1S/C18H27N5O/c1-15(23-17-7-4-3-6-16(17)14-20-23)18(24)19-8-5-9-22-12-10-21(2)11-13-22/h3-4,6-7,14-15H,5,8-13H2,1-2H3,(H,19,24). The number of likely N-dealkylation sites (N-methyl/N-ethyl adjacent to an activating group) is 1. The van der Waals surface area contributed by atoms with E-state index >= 15 is 0 Å². The van der Waals surface area contributed by atoms with E-state index in [9.17, 15) is 4.79 Å². The summed E-state index contributed by atoms with van der Waals surface area (Å²) in [6.45, 7) is 8.18. The average molecular weight is 329 g/mol. The summed E-state index contributed by atoms with van der Waals surface area (Å²) in [5, 5.41) is 8.48. The van der Waals surface area contributed by atoms with E-state index < -0.39 is 0 Å². The van der Waals surface area contributed by atoms with Crippen LogP contribution in [-0.4, -0.2) is 71.8 Å². The molecule has 0 saturated carbocycles. The summed E-state index contributed by atoms with van der Waals surface area (Å²) in [5.41, 5.74) is 0.998. The SMILES string of the molecule is CC(C(=O)NCCCN1CCN(C)CC1)n1ncc2ccccc21. The van der Waals surface area contributed by atoms with Gasteiger partial charge in [-0.2, -0.15) is 5.10 Å². The Labute approximate surface area is 143 Å². The highest BCUT2D eigenvalue weighted by molar-refractivity contribution is 5.84. The Morgan fingerprint density at radius 2 is 2.00 bits per heavy atom. The number of carbonyl (C=O) groups excluding carboxylic acids is 1. The molecule has 0 spiro atoms. The summed E-state index contributed by atoms with van der Waals surface area (Å²) in [4.78, 5) is 17.2. The summed E-state index contributed by atoms with van der Waals surface area (Å²) in [6, 6.07) is 7.67. The molecular formula is C18H27N5O. The van der Waals surface area contributed by atoms with Crippen molar-refractivity contribution in [1.29, 1.82) is 0 Å². The van der Waals surface area contributed by atoms with E-state index in [-0.39, 0.29) is 11.9 Å². The van der Waals surface area contributed by atoms with Gasteiger partial charge in [0.25, 0.3) is 0 Å². The van der Waals surface area contributed by atoms with E-state index in [2.05, 4.69) is 27.3 Å². The largest absolute Gasteiger partial charge is 0.354 e. The third-order valence-corrected chi connectivity index (χ3v) is 4.80. The third-order valence-electron chi connectivity index (χ3n) is 4.80. The van der Waals surface area contributed by atoms with Gasteiger partial charge < -0.3 is 15.1 Å². The molecule has 3 rings (SSSR count). The molecule has 1 saturated heterocycles. The van der Waals surface area contributed by atoms with Crippen molar-refractivity contribution in [2.75, 3.05) is 46.3 Å². The maximum Gasteiger partial charge on any atom is 0.244 e. The number of nitrogens with zero attached hydrogens (tertiary/aromatic N) is 4. The van der Waals surface area contributed by atoms with Crippen LogP contribution in [0.25, 0.3) is 10.9 Å². The molecule has 1 atom stereocenters. The molecule has 1 aromatic carbocycles. The first kappa shape index (κ1) is 16.9. The van der Waals surface area contributed by atoms with Crippen molar-refractivity contribution in [2.24, 2.45) is 0 Å². The molecule has 1 aromatic heterocycles. The second-order valence-corrected chi connectivity index (χ2v) is 6.61. The second kappa shape index (κ2) is 7.77. The van der Waals surface area contributed by atoms with Gasteiger partial charge in [-0.15, -0.1) is 0 Å². The molecular weight excluding hydrogens is 302 g/mol. The number of para-hydroxylation sites is 1. The predicted molar refractivity (Wildman–Crippen MR) is 96.0 cm³/mol. The minimum absolute atomic E-state index is 0.0298. The van der Waals surface area contributed by atoms with Gasteiger partial charge in [-0.05, 0) is 33.0 Å². The fraction of sp³-hybridized carbons (Fsp3) is 0.556. The number of piperazine rings is 1. The molecule has 6 heteroatoms. The number of amides is 1. The van der Waals surface area contributed by atoms with Crippen molar-refractivity contribution in [1.82, 2.24) is 24.9 Å². The van der Waals surface area contributed by atoms with Crippen LogP contribution in [0.3, 0.4) is 0 Å². The highest BCUT2D eigenvalue weighted by Gasteiger charge is 2.18. The summed E-state index contributed by atoms with van der Waals surface area (Å²) in [7, 11) is 2.16. The van der Waals surface area contributed by atoms with E-state index in [1.165, 1.54) is 0 Å². The van der Waals surface area contributed by atoms with E-state index in [4.69, 9.17) is 0 Å². The van der Waals surface area contributed by atoms with E-state index in [0.717, 1.165) is 50.0 Å². The molecule has 2 heterocycles. The van der Waals surface area contributed by atoms with Crippen molar-refractivity contribution in [3.05, 3.63) is 30.5 Å². The third kappa shape index (κ3) is 3.94. The Morgan fingerprint density at radius 1 is 1.25 bits per heavy atom. The number of hydrogen-bond donors (Lipinski definition) is 1. The molecule has 0 aliphatic carbocycles. The minimum Gasteiger partial charge on any atom is -0.354 e. The Morgan fingerprint density at radius 3 is 2.79 bits per heavy atom. The van der Waals surface area contributed by atoms with Gasteiger partial charge in [0.1, 0.15) is 6.04 Å². The highest BCUT2D eigenvalue weighted by atomic mass is 16.2. The van der Waals surface area contributed by atoms with Crippen molar-refractivity contribution in [3.63, 3.8) is 0 Å². The summed E-state index contributed by atoms with van der Waals surface area (Å²) in [5.74, 6) is 0.0298. The first-order valence-corrected chi connectivity index (χ1v) is 8.76. The van der Waals surface area contributed by atoms with Crippen molar-refractivity contribution in [2.45, 2.75) is 19.4 Å². The lowest BCUT2D eigenvalue weighted by Gasteiger charge is -2.32. The van der Waals surface area contributed by atoms with Gasteiger partial charge in [-0.1, -0.05) is 18.2 Å². The molecule has 1 amide bonds. The number of benzene rings is 1. The molecule has 6 nitrogen and oxygen atoms in total. The zero-order valence-corrected chi connectivity index (χ0v) is 14.6. The van der Waals surface area contributed by atoms with Crippen molar-refractivity contribution < 1.29 is 4.79 Å². The Bertz CT molecular complexity index is 675.